The maximum atomic E-state index is 13.0. The quantitative estimate of drug-likeness (QED) is 0.812. The van der Waals surface area contributed by atoms with Gasteiger partial charge in [-0.2, -0.15) is 13.2 Å². The van der Waals surface area contributed by atoms with Crippen molar-refractivity contribution in [1.82, 2.24) is 4.90 Å². The molecule has 2 atom stereocenters. The van der Waals surface area contributed by atoms with Crippen LogP contribution in [0.25, 0.3) is 0 Å². The summed E-state index contributed by atoms with van der Waals surface area (Å²) in [5.41, 5.74) is 0. The summed E-state index contributed by atoms with van der Waals surface area (Å²) in [5.74, 6) is -1.16. The lowest BCUT2D eigenvalue weighted by molar-refractivity contribution is -0.237. The summed E-state index contributed by atoms with van der Waals surface area (Å²) in [4.78, 5) is 12.1. The molecule has 0 amide bonds. The average molecular weight is 283 g/mol. The number of ether oxygens (including phenoxy) is 1. The largest absolute Gasteiger partial charge is 0.481 e. The molecule has 4 nitrogen and oxygen atoms in total. The predicted octanol–water partition coefficient (Wildman–Crippen LogP) is 2.28. The van der Waals surface area contributed by atoms with E-state index in [-0.39, 0.29) is 6.04 Å². The standard InChI is InChI=1S/C12H20F3NO3/c1-8(2)16-6-3-4-9(16)11(12(13,14)15)19-7-5-10(17)18/h8-9,11H,3-7H2,1-2H3,(H,17,18)/t9-,11-/m0/s1. The van der Waals surface area contributed by atoms with Gasteiger partial charge in [0.1, 0.15) is 0 Å². The summed E-state index contributed by atoms with van der Waals surface area (Å²) in [6.07, 6.45) is -5.66. The number of likely N-dealkylation sites (tertiary alicyclic amines) is 1. The third kappa shape index (κ3) is 4.65. The molecule has 1 heterocycles. The van der Waals surface area contributed by atoms with Gasteiger partial charge in [0.15, 0.2) is 6.10 Å². The van der Waals surface area contributed by atoms with Crippen LogP contribution in [-0.2, 0) is 9.53 Å². The molecule has 1 saturated heterocycles. The smallest absolute Gasteiger partial charge is 0.416 e. The fourth-order valence-electron chi connectivity index (χ4n) is 2.48. The third-order valence-corrected chi connectivity index (χ3v) is 3.29. The van der Waals surface area contributed by atoms with Crippen LogP contribution >= 0.6 is 0 Å². The minimum Gasteiger partial charge on any atom is -0.481 e. The summed E-state index contributed by atoms with van der Waals surface area (Å²) in [6, 6.07) is -0.700. The first-order chi connectivity index (χ1) is 8.73. The van der Waals surface area contributed by atoms with E-state index < -0.39 is 37.3 Å². The molecule has 0 unspecified atom stereocenters. The number of carboxylic acids is 1. The van der Waals surface area contributed by atoms with E-state index in [1.54, 1.807) is 4.90 Å². The van der Waals surface area contributed by atoms with Crippen LogP contribution in [0, 0.1) is 0 Å². The molecular weight excluding hydrogens is 263 g/mol. The topological polar surface area (TPSA) is 49.8 Å². The molecule has 0 aliphatic carbocycles. The Morgan fingerprint density at radius 1 is 1.47 bits per heavy atom. The number of halogens is 3. The Morgan fingerprint density at radius 3 is 2.58 bits per heavy atom. The lowest BCUT2D eigenvalue weighted by atomic mass is 10.1. The number of carbonyl (C=O) groups is 1. The SMILES string of the molecule is CC(C)N1CCC[C@H]1[C@H](OCCC(=O)O)C(F)(F)F. The average Bonchev–Trinajstić information content (AvgIpc) is 2.70. The van der Waals surface area contributed by atoms with E-state index >= 15 is 0 Å². The van der Waals surface area contributed by atoms with Gasteiger partial charge in [0.2, 0.25) is 0 Å². The van der Waals surface area contributed by atoms with Crippen LogP contribution in [0.15, 0.2) is 0 Å². The Kier molecular flexibility index (Phi) is 5.61. The third-order valence-electron chi connectivity index (χ3n) is 3.29. The number of nitrogens with zero attached hydrogens (tertiary/aromatic N) is 1. The van der Waals surface area contributed by atoms with Crippen LogP contribution < -0.4 is 0 Å². The van der Waals surface area contributed by atoms with E-state index in [1.807, 2.05) is 13.8 Å². The van der Waals surface area contributed by atoms with Crippen LogP contribution in [0.2, 0.25) is 0 Å². The molecule has 1 fully saturated rings. The van der Waals surface area contributed by atoms with E-state index in [0.29, 0.717) is 19.4 Å². The van der Waals surface area contributed by atoms with Gasteiger partial charge in [-0.1, -0.05) is 0 Å². The molecule has 19 heavy (non-hydrogen) atoms. The lowest BCUT2D eigenvalue weighted by Gasteiger charge is -2.35. The molecule has 1 rings (SSSR count). The second-order valence-electron chi connectivity index (χ2n) is 5.02. The highest BCUT2D eigenvalue weighted by Gasteiger charge is 2.49. The molecule has 0 bridgehead atoms. The van der Waals surface area contributed by atoms with Gasteiger partial charge in [-0.15, -0.1) is 0 Å². The van der Waals surface area contributed by atoms with Crippen LogP contribution in [0.5, 0.6) is 0 Å². The van der Waals surface area contributed by atoms with E-state index in [4.69, 9.17) is 9.84 Å². The van der Waals surface area contributed by atoms with E-state index in [0.717, 1.165) is 0 Å². The summed E-state index contributed by atoms with van der Waals surface area (Å²) in [7, 11) is 0. The van der Waals surface area contributed by atoms with Crippen LogP contribution in [0.4, 0.5) is 13.2 Å². The molecule has 112 valence electrons. The van der Waals surface area contributed by atoms with Crippen molar-refractivity contribution in [2.45, 2.75) is 57.5 Å². The van der Waals surface area contributed by atoms with Gasteiger partial charge in [-0.05, 0) is 33.2 Å². The van der Waals surface area contributed by atoms with E-state index in [1.165, 1.54) is 0 Å². The molecule has 0 spiro atoms. The molecular formula is C12H20F3NO3. The molecule has 0 radical (unpaired) electrons. The zero-order valence-corrected chi connectivity index (χ0v) is 11.1. The number of hydrogen-bond acceptors (Lipinski definition) is 3. The minimum atomic E-state index is -4.47. The molecule has 1 aliphatic rings. The Balaban J connectivity index is 2.70. The Hall–Kier alpha value is -0.820. The Bertz CT molecular complexity index is 307. The van der Waals surface area contributed by atoms with Crippen LogP contribution in [0.1, 0.15) is 33.1 Å². The van der Waals surface area contributed by atoms with E-state index in [9.17, 15) is 18.0 Å². The Morgan fingerprint density at radius 2 is 2.11 bits per heavy atom. The lowest BCUT2D eigenvalue weighted by Crippen LogP contribution is -2.50. The summed E-state index contributed by atoms with van der Waals surface area (Å²) in [6.45, 7) is 3.91. The zero-order chi connectivity index (χ0) is 14.6. The second-order valence-corrected chi connectivity index (χ2v) is 5.02. The number of aliphatic carboxylic acids is 1. The van der Waals surface area contributed by atoms with Gasteiger partial charge < -0.3 is 9.84 Å². The summed E-state index contributed by atoms with van der Waals surface area (Å²) < 4.78 is 43.9. The van der Waals surface area contributed by atoms with Crippen molar-refractivity contribution in [3.63, 3.8) is 0 Å². The maximum absolute atomic E-state index is 13.0. The molecule has 0 saturated carbocycles. The first-order valence-electron chi connectivity index (χ1n) is 6.39. The molecule has 0 aromatic heterocycles. The Labute approximate surface area is 110 Å². The first kappa shape index (κ1) is 16.2. The van der Waals surface area contributed by atoms with Crippen molar-refractivity contribution in [3.8, 4) is 0 Å². The van der Waals surface area contributed by atoms with Gasteiger partial charge in [-0.25, -0.2) is 0 Å². The number of carboxylic acid groups (broad SMARTS) is 1. The number of alkyl halides is 3. The van der Waals surface area contributed by atoms with Crippen molar-refractivity contribution in [3.05, 3.63) is 0 Å². The summed E-state index contributed by atoms with van der Waals surface area (Å²) in [5, 5.41) is 8.46. The maximum Gasteiger partial charge on any atom is 0.416 e. The molecule has 1 N–H and O–H groups in total. The zero-order valence-electron chi connectivity index (χ0n) is 11.1. The molecule has 1 aliphatic heterocycles. The highest BCUT2D eigenvalue weighted by molar-refractivity contribution is 5.66. The number of rotatable bonds is 6. The van der Waals surface area contributed by atoms with E-state index in [2.05, 4.69) is 0 Å². The molecule has 0 aromatic carbocycles. The van der Waals surface area contributed by atoms with Gasteiger partial charge in [0.25, 0.3) is 0 Å². The highest BCUT2D eigenvalue weighted by Crippen LogP contribution is 2.33. The minimum absolute atomic E-state index is 0.0143. The fourth-order valence-corrected chi connectivity index (χ4v) is 2.48. The highest BCUT2D eigenvalue weighted by atomic mass is 19.4. The monoisotopic (exact) mass is 283 g/mol. The van der Waals surface area contributed by atoms with Gasteiger partial charge >= 0.3 is 12.1 Å². The van der Waals surface area contributed by atoms with Crippen molar-refractivity contribution in [1.29, 1.82) is 0 Å². The normalized spacial score (nSPS) is 22.9. The summed E-state index contributed by atoms with van der Waals surface area (Å²) >= 11 is 0. The van der Waals surface area contributed by atoms with Crippen molar-refractivity contribution in [2.75, 3.05) is 13.2 Å². The number of hydrogen-bond donors (Lipinski definition) is 1. The molecule has 7 heteroatoms. The van der Waals surface area contributed by atoms with Crippen molar-refractivity contribution < 1.29 is 27.8 Å². The van der Waals surface area contributed by atoms with Gasteiger partial charge in [0, 0.05) is 12.1 Å². The fraction of sp³-hybridized carbons (Fsp3) is 0.917. The second kappa shape index (κ2) is 6.56. The van der Waals surface area contributed by atoms with Gasteiger partial charge in [0.05, 0.1) is 13.0 Å². The predicted molar refractivity (Wildman–Crippen MR) is 62.9 cm³/mol. The van der Waals surface area contributed by atoms with Gasteiger partial charge in [-0.3, -0.25) is 9.69 Å². The van der Waals surface area contributed by atoms with Crippen molar-refractivity contribution in [2.24, 2.45) is 0 Å². The van der Waals surface area contributed by atoms with Crippen molar-refractivity contribution >= 4 is 5.97 Å². The van der Waals surface area contributed by atoms with Crippen LogP contribution in [0.3, 0.4) is 0 Å². The van der Waals surface area contributed by atoms with Crippen LogP contribution in [-0.4, -0.2) is 53.5 Å². The molecule has 0 aromatic rings. The first-order valence-corrected chi connectivity index (χ1v) is 6.39.